The van der Waals surface area contributed by atoms with Gasteiger partial charge in [-0.25, -0.2) is 0 Å². The zero-order valence-corrected chi connectivity index (χ0v) is 14.5. The second-order valence-electron chi connectivity index (χ2n) is 6.50. The lowest BCUT2D eigenvalue weighted by atomic mass is 10.1. The van der Waals surface area contributed by atoms with Crippen molar-refractivity contribution >= 4 is 21.6 Å². The Balaban J connectivity index is 2.18. The lowest BCUT2D eigenvalue weighted by molar-refractivity contribution is 0.193. The van der Waals surface area contributed by atoms with Gasteiger partial charge < -0.3 is 15.0 Å². The van der Waals surface area contributed by atoms with Crippen LogP contribution in [-0.4, -0.2) is 31.8 Å². The van der Waals surface area contributed by atoms with E-state index in [-0.39, 0.29) is 5.54 Å². The van der Waals surface area contributed by atoms with Gasteiger partial charge in [-0.05, 0) is 51.0 Å². The number of nitrogens with one attached hydrogen (secondary N) is 1. The van der Waals surface area contributed by atoms with Gasteiger partial charge in [-0.1, -0.05) is 15.9 Å². The summed E-state index contributed by atoms with van der Waals surface area (Å²) < 4.78 is 6.64. The Hall–Kier alpha value is -0.580. The first-order chi connectivity index (χ1) is 9.37. The number of nitrogens with zero attached hydrogens (tertiary/aromatic N) is 1. The van der Waals surface area contributed by atoms with Crippen molar-refractivity contribution in [1.82, 2.24) is 5.32 Å². The minimum atomic E-state index is 0.120. The van der Waals surface area contributed by atoms with Gasteiger partial charge in [0.05, 0.1) is 12.6 Å². The summed E-state index contributed by atoms with van der Waals surface area (Å²) in [7, 11) is 2.17. The van der Waals surface area contributed by atoms with Crippen molar-refractivity contribution in [1.29, 1.82) is 0 Å². The van der Waals surface area contributed by atoms with Crippen molar-refractivity contribution in [3.05, 3.63) is 28.2 Å². The fraction of sp³-hybridized carbons (Fsp3) is 0.625. The fourth-order valence-electron chi connectivity index (χ4n) is 2.42. The molecule has 1 aromatic rings. The van der Waals surface area contributed by atoms with Crippen LogP contribution in [0.5, 0.6) is 0 Å². The van der Waals surface area contributed by atoms with Crippen LogP contribution in [0.2, 0.25) is 0 Å². The highest BCUT2D eigenvalue weighted by molar-refractivity contribution is 9.10. The first kappa shape index (κ1) is 15.8. The maximum absolute atomic E-state index is 5.51. The van der Waals surface area contributed by atoms with Gasteiger partial charge in [0.1, 0.15) is 0 Å². The molecule has 20 heavy (non-hydrogen) atoms. The van der Waals surface area contributed by atoms with E-state index in [9.17, 15) is 0 Å². The van der Waals surface area contributed by atoms with Crippen LogP contribution in [0, 0.1) is 0 Å². The number of anilines is 1. The molecular formula is C16H25BrN2O. The third-order valence-electron chi connectivity index (χ3n) is 3.68. The summed E-state index contributed by atoms with van der Waals surface area (Å²) in [5, 5.41) is 3.57. The van der Waals surface area contributed by atoms with E-state index in [0.717, 1.165) is 30.7 Å². The molecule has 1 N–H and O–H groups in total. The van der Waals surface area contributed by atoms with Crippen molar-refractivity contribution in [3.8, 4) is 0 Å². The van der Waals surface area contributed by atoms with Crippen LogP contribution < -0.4 is 10.2 Å². The molecule has 1 heterocycles. The Morgan fingerprint density at radius 3 is 2.75 bits per heavy atom. The highest BCUT2D eigenvalue weighted by Crippen LogP contribution is 2.27. The Morgan fingerprint density at radius 1 is 1.40 bits per heavy atom. The summed E-state index contributed by atoms with van der Waals surface area (Å²) in [6.07, 6.45) is 1.11. The number of rotatable bonds is 4. The van der Waals surface area contributed by atoms with Gasteiger partial charge in [-0.3, -0.25) is 0 Å². The van der Waals surface area contributed by atoms with E-state index < -0.39 is 0 Å². The number of likely N-dealkylation sites (N-methyl/N-ethyl adjacent to an activating group) is 1. The Morgan fingerprint density at radius 2 is 2.15 bits per heavy atom. The first-order valence-corrected chi connectivity index (χ1v) is 8.00. The van der Waals surface area contributed by atoms with E-state index >= 15 is 0 Å². The molecule has 1 aromatic carbocycles. The minimum absolute atomic E-state index is 0.120. The van der Waals surface area contributed by atoms with E-state index in [1.807, 2.05) is 0 Å². The molecule has 1 aliphatic heterocycles. The predicted molar refractivity (Wildman–Crippen MR) is 88.4 cm³/mol. The molecule has 3 nitrogen and oxygen atoms in total. The molecule has 2 rings (SSSR count). The number of hydrogen-bond acceptors (Lipinski definition) is 3. The molecule has 0 amide bonds. The molecule has 1 atom stereocenters. The van der Waals surface area contributed by atoms with E-state index in [1.165, 1.54) is 11.3 Å². The lowest BCUT2D eigenvalue weighted by Gasteiger charge is -2.29. The SMILES string of the molecule is CN(c1ccc(Br)cc1CNC(C)(C)C)C1CCOC1. The molecular weight excluding hydrogens is 316 g/mol. The molecule has 112 valence electrons. The average Bonchev–Trinajstić information content (AvgIpc) is 2.88. The molecule has 0 aromatic heterocycles. The highest BCUT2D eigenvalue weighted by atomic mass is 79.9. The Labute approximate surface area is 130 Å². The number of benzene rings is 1. The van der Waals surface area contributed by atoms with E-state index in [1.54, 1.807) is 0 Å². The smallest absolute Gasteiger partial charge is 0.0670 e. The highest BCUT2D eigenvalue weighted by Gasteiger charge is 2.22. The monoisotopic (exact) mass is 340 g/mol. The molecule has 1 unspecified atom stereocenters. The Bertz CT molecular complexity index is 450. The first-order valence-electron chi connectivity index (χ1n) is 7.21. The molecule has 1 aliphatic rings. The fourth-order valence-corrected chi connectivity index (χ4v) is 2.83. The summed E-state index contributed by atoms with van der Waals surface area (Å²) in [5.41, 5.74) is 2.73. The van der Waals surface area contributed by atoms with Crippen molar-refractivity contribution in [2.75, 3.05) is 25.2 Å². The van der Waals surface area contributed by atoms with Gasteiger partial charge >= 0.3 is 0 Å². The number of hydrogen-bond donors (Lipinski definition) is 1. The molecule has 0 saturated carbocycles. The molecule has 1 saturated heterocycles. The van der Waals surface area contributed by atoms with Gasteiger partial charge in [0, 0.05) is 35.9 Å². The van der Waals surface area contributed by atoms with E-state index in [2.05, 4.69) is 72.2 Å². The molecule has 4 heteroatoms. The average molecular weight is 341 g/mol. The maximum Gasteiger partial charge on any atom is 0.0670 e. The molecule has 0 bridgehead atoms. The van der Waals surface area contributed by atoms with Crippen LogP contribution in [0.25, 0.3) is 0 Å². The van der Waals surface area contributed by atoms with Gasteiger partial charge in [-0.15, -0.1) is 0 Å². The van der Waals surface area contributed by atoms with Crippen LogP contribution in [0.4, 0.5) is 5.69 Å². The molecule has 0 spiro atoms. The van der Waals surface area contributed by atoms with Gasteiger partial charge in [0.2, 0.25) is 0 Å². The number of halogens is 1. The van der Waals surface area contributed by atoms with Crippen LogP contribution in [-0.2, 0) is 11.3 Å². The summed E-state index contributed by atoms with van der Waals surface area (Å²) in [4.78, 5) is 2.36. The van der Waals surface area contributed by atoms with Crippen molar-refractivity contribution in [2.24, 2.45) is 0 Å². The Kier molecular flexibility index (Phi) is 5.10. The molecule has 1 fully saturated rings. The van der Waals surface area contributed by atoms with Crippen molar-refractivity contribution in [3.63, 3.8) is 0 Å². The molecule has 0 radical (unpaired) electrons. The quantitative estimate of drug-likeness (QED) is 0.906. The van der Waals surface area contributed by atoms with Crippen LogP contribution in [0.3, 0.4) is 0 Å². The third kappa shape index (κ3) is 4.21. The zero-order valence-electron chi connectivity index (χ0n) is 12.9. The van der Waals surface area contributed by atoms with Crippen molar-refractivity contribution < 1.29 is 4.74 Å². The van der Waals surface area contributed by atoms with E-state index in [4.69, 9.17) is 4.74 Å². The van der Waals surface area contributed by atoms with Crippen LogP contribution >= 0.6 is 15.9 Å². The second-order valence-corrected chi connectivity index (χ2v) is 7.42. The van der Waals surface area contributed by atoms with E-state index in [0.29, 0.717) is 6.04 Å². The van der Waals surface area contributed by atoms with Crippen LogP contribution in [0.1, 0.15) is 32.8 Å². The maximum atomic E-state index is 5.51. The number of ether oxygens (including phenoxy) is 1. The van der Waals surface area contributed by atoms with Crippen LogP contribution in [0.15, 0.2) is 22.7 Å². The van der Waals surface area contributed by atoms with Crippen molar-refractivity contribution in [2.45, 2.75) is 45.3 Å². The molecule has 0 aliphatic carbocycles. The topological polar surface area (TPSA) is 24.5 Å². The summed E-state index contributed by atoms with van der Waals surface area (Å²) in [5.74, 6) is 0. The predicted octanol–water partition coefficient (Wildman–Crippen LogP) is 3.56. The lowest BCUT2D eigenvalue weighted by Crippen LogP contribution is -2.37. The second kappa shape index (κ2) is 6.46. The summed E-state index contributed by atoms with van der Waals surface area (Å²) in [6.45, 7) is 9.16. The normalized spacial score (nSPS) is 19.4. The van der Waals surface area contributed by atoms with Gasteiger partial charge in [0.25, 0.3) is 0 Å². The van der Waals surface area contributed by atoms with Gasteiger partial charge in [0.15, 0.2) is 0 Å². The van der Waals surface area contributed by atoms with Gasteiger partial charge in [-0.2, -0.15) is 0 Å². The minimum Gasteiger partial charge on any atom is -0.379 e. The summed E-state index contributed by atoms with van der Waals surface area (Å²) in [6, 6.07) is 7.01. The summed E-state index contributed by atoms with van der Waals surface area (Å²) >= 11 is 3.58. The third-order valence-corrected chi connectivity index (χ3v) is 4.18. The zero-order chi connectivity index (χ0) is 14.8. The standard InChI is InChI=1S/C16H25BrN2O/c1-16(2,3)18-10-12-9-13(17)5-6-15(12)19(4)14-7-8-20-11-14/h5-6,9,14,18H,7-8,10-11H2,1-4H3. The largest absolute Gasteiger partial charge is 0.379 e.